The van der Waals surface area contributed by atoms with Crippen LogP contribution >= 0.6 is 0 Å². The lowest BCUT2D eigenvalue weighted by Gasteiger charge is -2.07. The summed E-state index contributed by atoms with van der Waals surface area (Å²) in [4.78, 5) is 11.1. The molecule has 0 unspecified atom stereocenters. The molecular weight excluding hydrogens is 209 g/mol. The average Bonchev–Trinajstić information content (AvgIpc) is 2.08. The molecule has 15 heavy (non-hydrogen) atoms. The minimum Gasteiger partial charge on any atom is -0.372 e. The Labute approximate surface area is 87.8 Å². The highest BCUT2D eigenvalue weighted by atomic mass is 19.4. The number of ketones is 1. The van der Waals surface area contributed by atoms with Gasteiger partial charge in [-0.05, 0) is 12.8 Å². The number of carbonyl (C=O) groups excluding carboxylic acids is 1. The summed E-state index contributed by atoms with van der Waals surface area (Å²) in [5.74, 6) is 0.145. The molecule has 0 bridgehead atoms. The molecule has 5 heteroatoms. The zero-order valence-corrected chi connectivity index (χ0v) is 9.06. The third-order valence-corrected chi connectivity index (χ3v) is 1.87. The van der Waals surface area contributed by atoms with E-state index in [9.17, 15) is 18.0 Å². The molecule has 0 saturated carbocycles. The first-order valence-electron chi connectivity index (χ1n) is 5.00. The van der Waals surface area contributed by atoms with E-state index in [2.05, 4.69) is 4.74 Å². The van der Waals surface area contributed by atoms with Gasteiger partial charge in [-0.2, -0.15) is 13.2 Å². The highest BCUT2D eigenvalue weighted by Gasteiger charge is 2.27. The summed E-state index contributed by atoms with van der Waals surface area (Å²) in [5, 5.41) is 0. The molecule has 0 heterocycles. The smallest absolute Gasteiger partial charge is 0.372 e. The predicted octanol–water partition coefficient (Wildman–Crippen LogP) is 2.96. The molecule has 0 N–H and O–H groups in total. The number of rotatable bonds is 7. The van der Waals surface area contributed by atoms with Crippen LogP contribution < -0.4 is 0 Å². The molecule has 0 amide bonds. The molecule has 0 atom stereocenters. The molecule has 0 aromatic heterocycles. The molecule has 2 nitrogen and oxygen atoms in total. The third kappa shape index (κ3) is 9.72. The Balaban J connectivity index is 3.30. The molecule has 0 aliphatic carbocycles. The van der Waals surface area contributed by atoms with Crippen molar-refractivity contribution < 1.29 is 22.7 Å². The van der Waals surface area contributed by atoms with E-state index in [1.54, 1.807) is 0 Å². The zero-order valence-electron chi connectivity index (χ0n) is 9.06. The van der Waals surface area contributed by atoms with Crippen molar-refractivity contribution in [1.82, 2.24) is 0 Å². The number of alkyl halides is 3. The fraction of sp³-hybridized carbons (Fsp3) is 0.900. The summed E-state index contributed by atoms with van der Waals surface area (Å²) in [6.07, 6.45) is -2.75. The standard InChI is InChI=1S/C10H17F3O2/c1-8(2)9(14)5-3-4-6-15-7-10(11,12)13/h8H,3-7H2,1-2H3. The minimum atomic E-state index is -4.26. The Bertz CT molecular complexity index is 188. The second-order valence-corrected chi connectivity index (χ2v) is 3.75. The van der Waals surface area contributed by atoms with Gasteiger partial charge in [0.2, 0.25) is 0 Å². The number of Topliss-reactive ketones (excluding diaryl/α,β-unsaturated/α-hetero) is 1. The van der Waals surface area contributed by atoms with Crippen LogP contribution in [0, 0.1) is 5.92 Å². The number of carbonyl (C=O) groups is 1. The van der Waals surface area contributed by atoms with E-state index in [1.807, 2.05) is 13.8 Å². The van der Waals surface area contributed by atoms with Crippen molar-refractivity contribution in [3.8, 4) is 0 Å². The van der Waals surface area contributed by atoms with Crippen molar-refractivity contribution in [3.63, 3.8) is 0 Å². The van der Waals surface area contributed by atoms with Crippen molar-refractivity contribution in [2.45, 2.75) is 39.3 Å². The lowest BCUT2D eigenvalue weighted by Crippen LogP contribution is -2.17. The van der Waals surface area contributed by atoms with Gasteiger partial charge >= 0.3 is 6.18 Å². The molecule has 0 aliphatic heterocycles. The lowest BCUT2D eigenvalue weighted by molar-refractivity contribution is -0.174. The highest BCUT2D eigenvalue weighted by molar-refractivity contribution is 5.80. The van der Waals surface area contributed by atoms with Crippen molar-refractivity contribution in [3.05, 3.63) is 0 Å². The molecule has 0 radical (unpaired) electrons. The third-order valence-electron chi connectivity index (χ3n) is 1.87. The van der Waals surface area contributed by atoms with E-state index in [1.165, 1.54) is 0 Å². The zero-order chi connectivity index (χ0) is 11.9. The molecular formula is C10H17F3O2. The Morgan fingerprint density at radius 3 is 2.33 bits per heavy atom. The van der Waals surface area contributed by atoms with Crippen molar-refractivity contribution in [2.75, 3.05) is 13.2 Å². The van der Waals surface area contributed by atoms with Gasteiger partial charge in [-0.25, -0.2) is 0 Å². The quantitative estimate of drug-likeness (QED) is 0.624. The number of halogens is 3. The van der Waals surface area contributed by atoms with Crippen LogP contribution in [-0.2, 0) is 9.53 Å². The van der Waals surface area contributed by atoms with Crippen molar-refractivity contribution >= 4 is 5.78 Å². The van der Waals surface area contributed by atoms with E-state index in [0.29, 0.717) is 19.3 Å². The molecule has 0 spiro atoms. The van der Waals surface area contributed by atoms with Crippen LogP contribution in [0.2, 0.25) is 0 Å². The molecule has 0 saturated heterocycles. The molecule has 0 fully saturated rings. The summed E-state index contributed by atoms with van der Waals surface area (Å²) in [6, 6.07) is 0. The van der Waals surface area contributed by atoms with Crippen molar-refractivity contribution in [2.24, 2.45) is 5.92 Å². The summed E-state index contributed by atoms with van der Waals surface area (Å²) in [5.41, 5.74) is 0. The monoisotopic (exact) mass is 226 g/mol. The summed E-state index contributed by atoms with van der Waals surface area (Å²) >= 11 is 0. The van der Waals surface area contributed by atoms with Gasteiger partial charge in [0.15, 0.2) is 0 Å². The topological polar surface area (TPSA) is 26.3 Å². The van der Waals surface area contributed by atoms with Gasteiger partial charge < -0.3 is 4.74 Å². The first kappa shape index (κ1) is 14.4. The summed E-state index contributed by atoms with van der Waals surface area (Å²) < 4.78 is 39.3. The minimum absolute atomic E-state index is 0.00101. The molecule has 0 aromatic rings. The molecule has 90 valence electrons. The van der Waals surface area contributed by atoms with E-state index >= 15 is 0 Å². The van der Waals surface area contributed by atoms with Crippen LogP contribution in [0.1, 0.15) is 33.1 Å². The van der Waals surface area contributed by atoms with Gasteiger partial charge in [-0.15, -0.1) is 0 Å². The van der Waals surface area contributed by atoms with Gasteiger partial charge in [0, 0.05) is 18.9 Å². The Hall–Kier alpha value is -0.580. The van der Waals surface area contributed by atoms with Gasteiger partial charge in [-0.3, -0.25) is 4.79 Å². The van der Waals surface area contributed by atoms with E-state index in [-0.39, 0.29) is 18.3 Å². The maximum Gasteiger partial charge on any atom is 0.411 e. The van der Waals surface area contributed by atoms with Crippen LogP contribution in [0.5, 0.6) is 0 Å². The summed E-state index contributed by atoms with van der Waals surface area (Å²) in [6.45, 7) is 2.47. The predicted molar refractivity (Wildman–Crippen MR) is 50.6 cm³/mol. The fourth-order valence-corrected chi connectivity index (χ4v) is 0.980. The maximum atomic E-state index is 11.6. The number of hydrogen-bond acceptors (Lipinski definition) is 2. The first-order valence-corrected chi connectivity index (χ1v) is 5.00. The SMILES string of the molecule is CC(C)C(=O)CCCCOCC(F)(F)F. The van der Waals surface area contributed by atoms with Crippen LogP contribution in [0.4, 0.5) is 13.2 Å². The van der Waals surface area contributed by atoms with Crippen LogP contribution in [0.15, 0.2) is 0 Å². The van der Waals surface area contributed by atoms with Crippen LogP contribution in [-0.4, -0.2) is 25.2 Å². The normalized spacial score (nSPS) is 12.1. The molecule has 0 rings (SSSR count). The maximum absolute atomic E-state index is 11.6. The molecule has 0 aromatic carbocycles. The Kier molecular flexibility index (Phi) is 6.56. The first-order chi connectivity index (χ1) is 6.83. The fourth-order valence-electron chi connectivity index (χ4n) is 0.980. The highest BCUT2D eigenvalue weighted by Crippen LogP contribution is 2.14. The van der Waals surface area contributed by atoms with E-state index < -0.39 is 12.8 Å². The lowest BCUT2D eigenvalue weighted by atomic mass is 10.0. The Morgan fingerprint density at radius 2 is 1.87 bits per heavy atom. The number of ether oxygens (including phenoxy) is 1. The van der Waals surface area contributed by atoms with Gasteiger partial charge in [0.1, 0.15) is 12.4 Å². The van der Waals surface area contributed by atoms with Crippen LogP contribution in [0.3, 0.4) is 0 Å². The number of hydrogen-bond donors (Lipinski definition) is 0. The second-order valence-electron chi connectivity index (χ2n) is 3.75. The Morgan fingerprint density at radius 1 is 1.27 bits per heavy atom. The summed E-state index contributed by atoms with van der Waals surface area (Å²) in [7, 11) is 0. The number of unbranched alkanes of at least 4 members (excludes halogenated alkanes) is 1. The largest absolute Gasteiger partial charge is 0.411 e. The second kappa shape index (κ2) is 6.82. The molecule has 0 aliphatic rings. The van der Waals surface area contributed by atoms with Gasteiger partial charge in [-0.1, -0.05) is 13.8 Å². The van der Waals surface area contributed by atoms with Crippen LogP contribution in [0.25, 0.3) is 0 Å². The van der Waals surface area contributed by atoms with Gasteiger partial charge in [0.05, 0.1) is 0 Å². The van der Waals surface area contributed by atoms with E-state index in [4.69, 9.17) is 0 Å². The average molecular weight is 226 g/mol. The van der Waals surface area contributed by atoms with Gasteiger partial charge in [0.25, 0.3) is 0 Å². The van der Waals surface area contributed by atoms with Crippen molar-refractivity contribution in [1.29, 1.82) is 0 Å². The van der Waals surface area contributed by atoms with E-state index in [0.717, 1.165) is 0 Å².